The van der Waals surface area contributed by atoms with Gasteiger partial charge in [-0.1, -0.05) is 17.7 Å². The first-order valence-electron chi connectivity index (χ1n) is 12.6. The summed E-state index contributed by atoms with van der Waals surface area (Å²) in [6.07, 6.45) is 3.43. The predicted molar refractivity (Wildman–Crippen MR) is 158 cm³/mol. The molecule has 41 heavy (non-hydrogen) atoms. The second kappa shape index (κ2) is 10.0. The highest BCUT2D eigenvalue weighted by Crippen LogP contribution is 2.56. The minimum Gasteiger partial charge on any atom is -0.504 e. The molecule has 0 spiro atoms. The second-order valence-corrected chi connectivity index (χ2v) is 12.3. The molecule has 1 N–H and O–H groups in total. The van der Waals surface area contributed by atoms with Gasteiger partial charge in [-0.25, -0.2) is 4.90 Å². The molecule has 10 nitrogen and oxygen atoms in total. The van der Waals surface area contributed by atoms with E-state index in [1.165, 1.54) is 37.5 Å². The smallest absolute Gasteiger partial charge is 0.271 e. The Bertz CT molecular complexity index is 1710. The zero-order valence-electron chi connectivity index (χ0n) is 21.3. The molecule has 3 aliphatic carbocycles. The third-order valence-corrected chi connectivity index (χ3v) is 9.65. The molecule has 6 rings (SSSR count). The van der Waals surface area contributed by atoms with Gasteiger partial charge in [0.2, 0.25) is 11.8 Å². The summed E-state index contributed by atoms with van der Waals surface area (Å²) < 4.78 is 5.96. The van der Waals surface area contributed by atoms with Gasteiger partial charge < -0.3 is 9.84 Å². The van der Waals surface area contributed by atoms with Gasteiger partial charge in [-0.3, -0.25) is 29.3 Å². The number of nitrogens with zero attached hydrogens (tertiary/aromatic N) is 2. The molecule has 1 fully saturated rings. The maximum absolute atomic E-state index is 14.0. The number of amides is 2. The van der Waals surface area contributed by atoms with E-state index in [9.17, 15) is 34.4 Å². The van der Waals surface area contributed by atoms with Gasteiger partial charge in [0.25, 0.3) is 5.69 Å². The van der Waals surface area contributed by atoms with Gasteiger partial charge in [0, 0.05) is 35.3 Å². The number of nitro groups is 1. The molecule has 0 saturated carbocycles. The van der Waals surface area contributed by atoms with Crippen LogP contribution in [0.15, 0.2) is 69.8 Å². The third-order valence-electron chi connectivity index (χ3n) is 8.23. The van der Waals surface area contributed by atoms with Crippen molar-refractivity contribution in [2.75, 3.05) is 12.0 Å². The molecule has 2 amide bonds. The molecular formula is C29H20BrIN2O8. The molecule has 0 radical (unpaired) electrons. The minimum atomic E-state index is -0.830. The Hall–Kier alpha value is -3.65. The highest BCUT2D eigenvalue weighted by Gasteiger charge is 2.56. The molecule has 0 bridgehead atoms. The number of benzene rings is 2. The Morgan fingerprint density at radius 3 is 2.59 bits per heavy atom. The lowest BCUT2D eigenvalue weighted by Gasteiger charge is -2.42. The van der Waals surface area contributed by atoms with E-state index in [-0.39, 0.29) is 57.3 Å². The van der Waals surface area contributed by atoms with E-state index >= 15 is 0 Å². The topological polar surface area (TPSA) is 144 Å². The quantitative estimate of drug-likeness (QED) is 0.117. The van der Waals surface area contributed by atoms with Crippen molar-refractivity contribution in [1.82, 2.24) is 0 Å². The number of hydrogen-bond acceptors (Lipinski definition) is 8. The van der Waals surface area contributed by atoms with Crippen LogP contribution in [0.3, 0.4) is 0 Å². The van der Waals surface area contributed by atoms with Crippen molar-refractivity contribution in [3.05, 3.63) is 89.0 Å². The van der Waals surface area contributed by atoms with Crippen LogP contribution in [0, 0.1) is 31.4 Å². The van der Waals surface area contributed by atoms with Gasteiger partial charge in [-0.2, -0.15) is 0 Å². The predicted octanol–water partition coefficient (Wildman–Crippen LogP) is 4.88. The second-order valence-electron chi connectivity index (χ2n) is 10.2. The number of imide groups is 1. The van der Waals surface area contributed by atoms with E-state index in [1.54, 1.807) is 12.1 Å². The number of halogens is 2. The lowest BCUT2D eigenvalue weighted by molar-refractivity contribution is -0.384. The number of Topliss-reactive ketones (excluding diaryl/α,β-unsaturated/α-hetero) is 1. The molecule has 208 valence electrons. The molecule has 1 saturated heterocycles. The summed E-state index contributed by atoms with van der Waals surface area (Å²) >= 11 is 5.16. The van der Waals surface area contributed by atoms with Gasteiger partial charge in [0.15, 0.2) is 23.1 Å². The van der Waals surface area contributed by atoms with E-state index in [0.29, 0.717) is 14.7 Å². The normalized spacial score (nSPS) is 25.4. The number of non-ortho nitro benzene ring substituents is 1. The van der Waals surface area contributed by atoms with Crippen molar-refractivity contribution in [2.24, 2.45) is 17.8 Å². The van der Waals surface area contributed by atoms with Crippen molar-refractivity contribution >= 4 is 73.3 Å². The lowest BCUT2D eigenvalue weighted by atomic mass is 9.59. The van der Waals surface area contributed by atoms with Crippen molar-refractivity contribution in [3.8, 4) is 11.5 Å². The number of carbonyl (C=O) groups is 4. The Balaban J connectivity index is 1.49. The number of rotatable bonds is 4. The molecule has 4 aliphatic rings. The molecule has 1 heterocycles. The Morgan fingerprint density at radius 1 is 1.12 bits per heavy atom. The zero-order valence-corrected chi connectivity index (χ0v) is 25.0. The van der Waals surface area contributed by atoms with Gasteiger partial charge in [-0.05, 0) is 81.0 Å². The number of fused-ring (bicyclic) bond motifs is 3. The van der Waals surface area contributed by atoms with Crippen LogP contribution in [0.5, 0.6) is 11.5 Å². The number of nitro benzene ring substituents is 1. The van der Waals surface area contributed by atoms with Crippen LogP contribution in [-0.2, 0) is 19.2 Å². The molecule has 4 atom stereocenters. The Morgan fingerprint density at radius 2 is 1.88 bits per heavy atom. The average molecular weight is 731 g/mol. The fourth-order valence-electron chi connectivity index (χ4n) is 6.50. The first kappa shape index (κ1) is 27.5. The highest BCUT2D eigenvalue weighted by atomic mass is 127. The fraction of sp³-hybridized carbons (Fsp3) is 0.241. The molecule has 2 aromatic rings. The highest BCUT2D eigenvalue weighted by molar-refractivity contribution is 14.1. The van der Waals surface area contributed by atoms with E-state index in [2.05, 4.69) is 15.9 Å². The van der Waals surface area contributed by atoms with Gasteiger partial charge in [0.1, 0.15) is 0 Å². The zero-order chi connectivity index (χ0) is 29.3. The molecular weight excluding hydrogens is 711 g/mol. The number of ketones is 2. The number of anilines is 1. The maximum Gasteiger partial charge on any atom is 0.271 e. The summed E-state index contributed by atoms with van der Waals surface area (Å²) in [5, 5.41) is 21.8. The number of hydrogen-bond donors (Lipinski definition) is 1. The van der Waals surface area contributed by atoms with Crippen LogP contribution in [0.1, 0.15) is 24.3 Å². The Kier molecular flexibility index (Phi) is 6.72. The molecule has 1 aliphatic heterocycles. The number of carbonyl (C=O) groups excluding carboxylic acids is 4. The van der Waals surface area contributed by atoms with Crippen LogP contribution in [0.2, 0.25) is 0 Å². The van der Waals surface area contributed by atoms with Gasteiger partial charge in [-0.15, -0.1) is 0 Å². The molecule has 2 aromatic carbocycles. The number of aromatic hydroxyl groups is 1. The summed E-state index contributed by atoms with van der Waals surface area (Å²) in [4.78, 5) is 66.1. The van der Waals surface area contributed by atoms with Crippen LogP contribution in [0.4, 0.5) is 11.4 Å². The molecule has 0 unspecified atom stereocenters. The van der Waals surface area contributed by atoms with Crippen molar-refractivity contribution in [2.45, 2.75) is 18.8 Å². The first-order valence-corrected chi connectivity index (χ1v) is 14.5. The summed E-state index contributed by atoms with van der Waals surface area (Å²) in [6.45, 7) is 0. The SMILES string of the molecule is COc1cc([C@H]2C3=CC[C@@H]4C(=O)N(c5cccc([N+](=O)[O-])c5)C(=O)[C@@H]4[C@@H]3CC3=C2C(=O)C=C(Br)C3=O)cc(I)c1O. The van der Waals surface area contributed by atoms with Crippen LogP contribution in [-0.4, -0.2) is 40.5 Å². The van der Waals surface area contributed by atoms with E-state index in [4.69, 9.17) is 4.74 Å². The minimum absolute atomic E-state index is 0.0612. The first-order chi connectivity index (χ1) is 19.5. The monoisotopic (exact) mass is 730 g/mol. The number of ether oxygens (including phenoxy) is 1. The number of methoxy groups -OCH3 is 1. The lowest BCUT2D eigenvalue weighted by Crippen LogP contribution is -2.39. The van der Waals surface area contributed by atoms with Crippen molar-refractivity contribution < 1.29 is 33.9 Å². The molecule has 0 aromatic heterocycles. The fourth-order valence-corrected chi connectivity index (χ4v) is 7.57. The summed E-state index contributed by atoms with van der Waals surface area (Å²) in [7, 11) is 1.41. The van der Waals surface area contributed by atoms with E-state index < -0.39 is 40.4 Å². The summed E-state index contributed by atoms with van der Waals surface area (Å²) in [5.74, 6) is -4.37. The van der Waals surface area contributed by atoms with Gasteiger partial charge >= 0.3 is 0 Å². The van der Waals surface area contributed by atoms with Crippen LogP contribution >= 0.6 is 38.5 Å². The largest absolute Gasteiger partial charge is 0.504 e. The summed E-state index contributed by atoms with van der Waals surface area (Å²) in [6, 6.07) is 8.71. The van der Waals surface area contributed by atoms with Gasteiger partial charge in [0.05, 0.1) is 37.6 Å². The third kappa shape index (κ3) is 4.18. The van der Waals surface area contributed by atoms with E-state index in [1.807, 2.05) is 28.7 Å². The van der Waals surface area contributed by atoms with Crippen molar-refractivity contribution in [3.63, 3.8) is 0 Å². The summed E-state index contributed by atoms with van der Waals surface area (Å²) in [5.41, 5.74) is 1.78. The Labute approximate surface area is 255 Å². The van der Waals surface area contributed by atoms with Crippen LogP contribution < -0.4 is 9.64 Å². The van der Waals surface area contributed by atoms with Crippen molar-refractivity contribution in [1.29, 1.82) is 0 Å². The average Bonchev–Trinajstić information content (AvgIpc) is 3.21. The van der Waals surface area contributed by atoms with Crippen LogP contribution in [0.25, 0.3) is 0 Å². The van der Waals surface area contributed by atoms with E-state index in [0.717, 1.165) is 10.5 Å². The number of phenols is 1. The standard InChI is InChI=1S/C29H20BrIN2O8/c1-41-22-8-12(7-20(31)27(22)36)23-15-5-6-16-24(17(15)10-18-25(23)21(34)11-19(30)26(18)35)29(38)32(28(16)37)13-3-2-4-14(9-13)33(39)40/h2-5,7-9,11,16-17,23-24,36H,6,10H2,1H3/t16-,17+,23-,24-/m0/s1. The maximum atomic E-state index is 14.0. The molecule has 12 heteroatoms. The number of phenolic OH excluding ortho intramolecular Hbond substituents is 1. The number of allylic oxidation sites excluding steroid dienone is 6.